The Labute approximate surface area is 478 Å². The summed E-state index contributed by atoms with van der Waals surface area (Å²) in [5.41, 5.74) is 0. The standard InChI is InChI=1S/C8H13F2NO2.2C8H16FNO2.C8H15NO2.C7H13F2NO2.C7H14FNO2.C6H10F3NO2/c9-8(10)1-5(8)4-2-11-3-6(12)7(4)13;2*1-2-6-5(3-9)8(12)7(11)4-10-6;10-7-4-9-3-6(8(7)11)5-1-2-5;8-6(9)1-4-2-10-3-5(11)7(4)12;8-2-1-5-3-9-4-6(10)7(5)11;7-6(8,9)3-1-10-2-4(11)5(3)12/h4-7,11-13H,1-3H2;2*5-8,10-12H,2-4H2,1H3;5-11H,1-4H2;4-7,10-12H,1-3H2;5-7,9-11H,1-4H2;3-5,10-12H,1-2H2/t4-,5?,6-,7-;5-,6+,7+,8+;5-,6-,7+,8+;6-,7-,8-;4-,5+,7+;5-,6+,7+;3-,4+,5+/m1001000/s1. The van der Waals surface area contributed by atoms with E-state index in [1.54, 1.807) is 0 Å². The molecule has 7 aliphatic heterocycles. The van der Waals surface area contributed by atoms with Crippen molar-refractivity contribution in [2.45, 2.75) is 175 Å². The number of nitrogens with one attached hydrogen (secondary N) is 7. The number of piperidine rings is 7. The molecule has 494 valence electrons. The van der Waals surface area contributed by atoms with E-state index >= 15 is 0 Å². The molecule has 1 unspecified atom stereocenters. The quantitative estimate of drug-likeness (QED) is 0.0950. The molecule has 0 radical (unpaired) electrons. The van der Waals surface area contributed by atoms with E-state index < -0.39 is 160 Å². The van der Waals surface area contributed by atoms with E-state index in [4.69, 9.17) is 20.4 Å². The average molecular weight is 1230 g/mol. The number of aliphatic hydroxyl groups excluding tert-OH is 14. The van der Waals surface area contributed by atoms with Gasteiger partial charge in [-0.2, -0.15) is 13.2 Å². The van der Waals surface area contributed by atoms with E-state index in [1.807, 2.05) is 13.8 Å². The molecule has 0 spiro atoms. The van der Waals surface area contributed by atoms with Crippen LogP contribution >= 0.6 is 0 Å². The number of β-amino-alcohol motifs (C(OH)–C–C–N with tert-alkyl or cyclic N) is 7. The van der Waals surface area contributed by atoms with Crippen LogP contribution in [0, 0.1) is 53.3 Å². The van der Waals surface area contributed by atoms with E-state index in [9.17, 15) is 95.0 Å². The Morgan fingerprint density at radius 1 is 0.458 bits per heavy atom. The maximum absolute atomic E-state index is 12.7. The fraction of sp³-hybridized carbons (Fsp3) is 1.00. The summed E-state index contributed by atoms with van der Waals surface area (Å²) < 4.78 is 122. The Hall–Kier alpha value is -1.54. The fourth-order valence-electron chi connectivity index (χ4n) is 11.3. The number of hydrogen-bond donors (Lipinski definition) is 21. The first-order valence-electron chi connectivity index (χ1n) is 28.9. The zero-order valence-electron chi connectivity index (χ0n) is 47.1. The molecular formula is C52H97F10N7O14. The molecular weight excluding hydrogens is 1140 g/mol. The van der Waals surface area contributed by atoms with Gasteiger partial charge in [0.05, 0.1) is 111 Å². The molecule has 9 rings (SSSR count). The summed E-state index contributed by atoms with van der Waals surface area (Å²) in [5.74, 6) is -6.34. The normalized spacial score (nSPS) is 42.3. The molecule has 9 aliphatic rings. The molecule has 21 nitrogen and oxygen atoms in total. The maximum atomic E-state index is 12.7. The van der Waals surface area contributed by atoms with Crippen LogP contribution in [0.4, 0.5) is 43.9 Å². The molecule has 0 bridgehead atoms. The van der Waals surface area contributed by atoms with Crippen molar-refractivity contribution in [2.24, 2.45) is 53.3 Å². The summed E-state index contributed by atoms with van der Waals surface area (Å²) in [5, 5.41) is 150. The third-order valence-corrected chi connectivity index (χ3v) is 17.0. The molecule has 0 aromatic carbocycles. The van der Waals surface area contributed by atoms with Gasteiger partial charge in [-0.3, -0.25) is 13.2 Å². The summed E-state index contributed by atoms with van der Waals surface area (Å²) >= 11 is 0. The first-order valence-corrected chi connectivity index (χ1v) is 28.9. The van der Waals surface area contributed by atoms with Crippen molar-refractivity contribution >= 4 is 0 Å². The highest BCUT2D eigenvalue weighted by Gasteiger charge is 2.62. The van der Waals surface area contributed by atoms with Crippen LogP contribution in [0.2, 0.25) is 0 Å². The Morgan fingerprint density at radius 3 is 1.19 bits per heavy atom. The number of halogens is 10. The van der Waals surface area contributed by atoms with Gasteiger partial charge >= 0.3 is 6.18 Å². The SMILES string of the molecule is CC[C@@H]1NC[C@@H](O)[C@H](O)[C@H]1CF.CC[C@H]1NC[C@@H](O)[C@H](O)[C@H]1CF.O[C@@H]1[C@@H](CC(F)F)CNC[C@H]1O.O[C@@H]1[C@@H](CCF)CNC[C@H]1O.O[C@H]1[C@H](O)CNC[C@@H]1C(F)(F)F.O[C@H]1[C@H](O)CNC[C@@H]1C1CC1.O[C@H]1[C@H](O)CNC[C@@H]1C1CC1(F)F. The van der Waals surface area contributed by atoms with Crippen LogP contribution in [0.3, 0.4) is 0 Å². The zero-order valence-corrected chi connectivity index (χ0v) is 47.1. The number of hydrogen-bond acceptors (Lipinski definition) is 21. The van der Waals surface area contributed by atoms with Crippen LogP contribution in [-0.4, -0.2) is 286 Å². The molecule has 21 N–H and O–H groups in total. The maximum Gasteiger partial charge on any atom is 0.395 e. The Balaban J connectivity index is 0.000000254. The number of rotatable bonds is 10. The molecule has 0 aromatic rings. The van der Waals surface area contributed by atoms with E-state index in [0.29, 0.717) is 64.1 Å². The highest BCUT2D eigenvalue weighted by atomic mass is 19.4. The van der Waals surface area contributed by atoms with Gasteiger partial charge < -0.3 is 109 Å². The van der Waals surface area contributed by atoms with Gasteiger partial charge in [0.2, 0.25) is 6.43 Å². The molecule has 7 heterocycles. The van der Waals surface area contributed by atoms with Crippen LogP contribution in [-0.2, 0) is 0 Å². The zero-order chi connectivity index (χ0) is 62.5. The first-order chi connectivity index (χ1) is 39.0. The van der Waals surface area contributed by atoms with Crippen molar-refractivity contribution < 1.29 is 115 Å². The van der Waals surface area contributed by atoms with Crippen molar-refractivity contribution in [3.05, 3.63) is 0 Å². The summed E-state index contributed by atoms with van der Waals surface area (Å²) in [6.45, 7) is 6.39. The first kappa shape index (κ1) is 75.7. The minimum absolute atomic E-state index is 0.00611. The van der Waals surface area contributed by atoms with Crippen LogP contribution in [0.5, 0.6) is 0 Å². The van der Waals surface area contributed by atoms with Crippen molar-refractivity contribution in [1.82, 2.24) is 37.2 Å². The van der Waals surface area contributed by atoms with Gasteiger partial charge in [0.1, 0.15) is 0 Å². The van der Waals surface area contributed by atoms with Gasteiger partial charge in [-0.05, 0) is 38.0 Å². The lowest BCUT2D eigenvalue weighted by molar-refractivity contribution is -0.217. The van der Waals surface area contributed by atoms with Gasteiger partial charge in [0.15, 0.2) is 0 Å². The van der Waals surface area contributed by atoms with Crippen LogP contribution in [0.15, 0.2) is 0 Å². The van der Waals surface area contributed by atoms with Gasteiger partial charge in [0.25, 0.3) is 5.92 Å². The topological polar surface area (TPSA) is 367 Å². The van der Waals surface area contributed by atoms with Gasteiger partial charge in [-0.1, -0.05) is 13.8 Å². The summed E-state index contributed by atoms with van der Waals surface area (Å²) in [6.07, 6.45) is -15.9. The summed E-state index contributed by atoms with van der Waals surface area (Å²) in [6, 6.07) is -0.0122. The van der Waals surface area contributed by atoms with Gasteiger partial charge in [-0.15, -0.1) is 0 Å². The van der Waals surface area contributed by atoms with Crippen molar-refractivity contribution in [1.29, 1.82) is 0 Å². The summed E-state index contributed by atoms with van der Waals surface area (Å²) in [4.78, 5) is 0. The van der Waals surface area contributed by atoms with Crippen LogP contribution in [0.25, 0.3) is 0 Å². The Bertz CT molecular complexity index is 1710. The number of alkyl halides is 10. The van der Waals surface area contributed by atoms with E-state index in [-0.39, 0.29) is 57.0 Å². The molecule has 0 amide bonds. The fourth-order valence-corrected chi connectivity index (χ4v) is 11.3. The van der Waals surface area contributed by atoms with Gasteiger partial charge in [0, 0.05) is 145 Å². The van der Waals surface area contributed by atoms with Crippen molar-refractivity contribution in [2.75, 3.05) is 98.6 Å². The third kappa shape index (κ3) is 24.1. The van der Waals surface area contributed by atoms with Crippen molar-refractivity contribution in [3.63, 3.8) is 0 Å². The Kier molecular flexibility index (Phi) is 33.6. The molecule has 9 fully saturated rings. The lowest BCUT2D eigenvalue weighted by Crippen LogP contribution is -2.56. The van der Waals surface area contributed by atoms with Gasteiger partial charge in [-0.25, -0.2) is 17.6 Å². The minimum atomic E-state index is -4.45. The lowest BCUT2D eigenvalue weighted by Gasteiger charge is -2.37. The minimum Gasteiger partial charge on any atom is -0.390 e. The smallest absolute Gasteiger partial charge is 0.390 e. The third-order valence-electron chi connectivity index (χ3n) is 17.0. The average Bonchev–Trinajstić information content (AvgIpc) is 4.24. The second-order valence-corrected chi connectivity index (χ2v) is 23.2. The Morgan fingerprint density at radius 2 is 0.819 bits per heavy atom. The molecule has 24 atom stereocenters. The summed E-state index contributed by atoms with van der Waals surface area (Å²) in [7, 11) is 0. The van der Waals surface area contributed by atoms with E-state index in [2.05, 4.69) is 37.2 Å². The lowest BCUT2D eigenvalue weighted by atomic mass is 9.86. The van der Waals surface area contributed by atoms with Crippen molar-refractivity contribution in [3.8, 4) is 0 Å². The molecule has 31 heteroatoms. The van der Waals surface area contributed by atoms with Crippen LogP contribution in [0.1, 0.15) is 58.8 Å². The van der Waals surface area contributed by atoms with E-state index in [0.717, 1.165) is 19.4 Å². The highest BCUT2D eigenvalue weighted by molar-refractivity contribution is 5.04. The molecule has 2 saturated carbocycles. The molecule has 2 aliphatic carbocycles. The second-order valence-electron chi connectivity index (χ2n) is 23.2. The van der Waals surface area contributed by atoms with Crippen LogP contribution < -0.4 is 37.2 Å². The monoisotopic (exact) mass is 1230 g/mol. The molecule has 0 aromatic heterocycles. The second kappa shape index (κ2) is 36.8. The van der Waals surface area contributed by atoms with E-state index in [1.165, 1.54) is 12.8 Å². The number of aliphatic hydroxyl groups is 14. The molecule has 83 heavy (non-hydrogen) atoms. The predicted molar refractivity (Wildman–Crippen MR) is 282 cm³/mol. The molecule has 7 saturated heterocycles. The predicted octanol–water partition coefficient (Wildman–Crippen LogP) is -3.37. The highest BCUT2D eigenvalue weighted by Crippen LogP contribution is 2.54. The largest absolute Gasteiger partial charge is 0.395 e.